The molecule has 20 heavy (non-hydrogen) atoms. The van der Waals surface area contributed by atoms with Crippen LogP contribution < -0.4 is 22.5 Å². The van der Waals surface area contributed by atoms with Crippen LogP contribution in [-0.4, -0.2) is 24.0 Å². The summed E-state index contributed by atoms with van der Waals surface area (Å²) in [6, 6.07) is -1.02. The first-order valence-electron chi connectivity index (χ1n) is 5.38. The molecule has 0 saturated heterocycles. The molecule has 0 aliphatic carbocycles. The maximum absolute atomic E-state index is 12.3. The van der Waals surface area contributed by atoms with Gasteiger partial charge in [0, 0.05) is 6.04 Å². The SMILES string of the molecule is CC(CC(F)(F)F)Nc1sc(C(N)=O)c(N)c1C(N)=O. The molecular weight excluding hydrogens is 297 g/mol. The van der Waals surface area contributed by atoms with Crippen LogP contribution in [0.15, 0.2) is 0 Å². The largest absolute Gasteiger partial charge is 0.397 e. The topological polar surface area (TPSA) is 124 Å². The minimum atomic E-state index is -4.37. The molecule has 0 aromatic carbocycles. The van der Waals surface area contributed by atoms with E-state index < -0.39 is 30.5 Å². The van der Waals surface area contributed by atoms with Crippen LogP contribution in [0.1, 0.15) is 33.4 Å². The normalized spacial score (nSPS) is 13.0. The molecular formula is C10H13F3N4O2S. The van der Waals surface area contributed by atoms with Crippen LogP contribution in [0.4, 0.5) is 23.9 Å². The Kier molecular flexibility index (Phi) is 4.48. The molecule has 6 nitrogen and oxygen atoms in total. The van der Waals surface area contributed by atoms with E-state index in [4.69, 9.17) is 17.2 Å². The zero-order chi connectivity index (χ0) is 15.7. The number of rotatable bonds is 5. The van der Waals surface area contributed by atoms with Crippen LogP contribution in [-0.2, 0) is 0 Å². The number of carbonyl (C=O) groups is 2. The van der Waals surface area contributed by atoms with Gasteiger partial charge in [-0.05, 0) is 6.92 Å². The standard InChI is InChI=1S/C10H13F3N4O2S/c1-3(2-10(11,12)13)17-9-4(7(15)18)5(14)6(20-9)8(16)19/h3,17H,2,14H2,1H3,(H2,15,18)(H2,16,19). The van der Waals surface area contributed by atoms with E-state index in [1.54, 1.807) is 0 Å². The molecule has 0 radical (unpaired) electrons. The zero-order valence-electron chi connectivity index (χ0n) is 10.4. The molecule has 0 spiro atoms. The van der Waals surface area contributed by atoms with Crippen molar-refractivity contribution in [1.29, 1.82) is 0 Å². The minimum absolute atomic E-state index is 0.000509. The van der Waals surface area contributed by atoms with E-state index in [1.807, 2.05) is 0 Å². The van der Waals surface area contributed by atoms with Crippen LogP contribution >= 0.6 is 11.3 Å². The summed E-state index contributed by atoms with van der Waals surface area (Å²) in [5.74, 6) is -1.83. The molecule has 0 aliphatic rings. The van der Waals surface area contributed by atoms with E-state index in [-0.39, 0.29) is 21.1 Å². The minimum Gasteiger partial charge on any atom is -0.397 e. The molecule has 1 aromatic rings. The Hall–Kier alpha value is -1.97. The summed E-state index contributed by atoms with van der Waals surface area (Å²) < 4.78 is 36.8. The Bertz CT molecular complexity index is 541. The number of halogens is 3. The quantitative estimate of drug-likeness (QED) is 0.654. The number of thiophene rings is 1. The van der Waals surface area contributed by atoms with E-state index in [2.05, 4.69) is 5.32 Å². The highest BCUT2D eigenvalue weighted by molar-refractivity contribution is 7.19. The van der Waals surface area contributed by atoms with Crippen LogP contribution in [0.3, 0.4) is 0 Å². The average molecular weight is 310 g/mol. The number of nitrogens with one attached hydrogen (secondary N) is 1. The van der Waals surface area contributed by atoms with Crippen LogP contribution in [0.25, 0.3) is 0 Å². The van der Waals surface area contributed by atoms with E-state index in [9.17, 15) is 22.8 Å². The van der Waals surface area contributed by atoms with Crippen molar-refractivity contribution in [3.8, 4) is 0 Å². The second-order valence-corrected chi connectivity index (χ2v) is 5.16. The van der Waals surface area contributed by atoms with Gasteiger partial charge in [0.1, 0.15) is 9.88 Å². The van der Waals surface area contributed by atoms with Gasteiger partial charge in [-0.2, -0.15) is 13.2 Å². The number of nitrogens with two attached hydrogens (primary N) is 3. The van der Waals surface area contributed by atoms with Crippen molar-refractivity contribution < 1.29 is 22.8 Å². The van der Waals surface area contributed by atoms with E-state index in [0.29, 0.717) is 11.3 Å². The van der Waals surface area contributed by atoms with Crippen LogP contribution in [0.2, 0.25) is 0 Å². The van der Waals surface area contributed by atoms with Crippen molar-refractivity contribution >= 4 is 33.8 Å². The Balaban J connectivity index is 3.09. The molecule has 7 N–H and O–H groups in total. The molecule has 10 heteroatoms. The third-order valence-electron chi connectivity index (χ3n) is 2.33. The number of primary amides is 2. The van der Waals surface area contributed by atoms with Gasteiger partial charge in [-0.1, -0.05) is 0 Å². The first-order chi connectivity index (χ1) is 9.03. The third kappa shape index (κ3) is 3.76. The number of alkyl halides is 3. The lowest BCUT2D eigenvalue weighted by atomic mass is 10.2. The van der Waals surface area contributed by atoms with Crippen molar-refractivity contribution in [3.05, 3.63) is 10.4 Å². The Labute approximate surface area is 116 Å². The number of anilines is 2. The van der Waals surface area contributed by atoms with E-state index in [0.717, 1.165) is 0 Å². The summed E-state index contributed by atoms with van der Waals surface area (Å²) in [6.45, 7) is 1.28. The smallest absolute Gasteiger partial charge is 0.391 e. The predicted molar refractivity (Wildman–Crippen MR) is 69.5 cm³/mol. The average Bonchev–Trinajstić information content (AvgIpc) is 2.52. The van der Waals surface area contributed by atoms with Crippen molar-refractivity contribution in [1.82, 2.24) is 0 Å². The molecule has 1 atom stereocenters. The lowest BCUT2D eigenvalue weighted by molar-refractivity contribution is -0.136. The lowest BCUT2D eigenvalue weighted by Crippen LogP contribution is -2.25. The monoisotopic (exact) mass is 310 g/mol. The number of carbonyl (C=O) groups excluding carboxylic acids is 2. The molecule has 0 aliphatic heterocycles. The molecule has 0 fully saturated rings. The molecule has 1 heterocycles. The van der Waals surface area contributed by atoms with Crippen molar-refractivity contribution in [3.63, 3.8) is 0 Å². The van der Waals surface area contributed by atoms with Gasteiger partial charge in [-0.15, -0.1) is 11.3 Å². The van der Waals surface area contributed by atoms with Gasteiger partial charge < -0.3 is 22.5 Å². The molecule has 1 unspecified atom stereocenters. The summed E-state index contributed by atoms with van der Waals surface area (Å²) in [6.07, 6.45) is -5.48. The highest BCUT2D eigenvalue weighted by Gasteiger charge is 2.31. The van der Waals surface area contributed by atoms with Gasteiger partial charge in [0.05, 0.1) is 17.7 Å². The third-order valence-corrected chi connectivity index (χ3v) is 3.48. The first-order valence-corrected chi connectivity index (χ1v) is 6.19. The summed E-state index contributed by atoms with van der Waals surface area (Å²) in [5.41, 5.74) is 15.3. The summed E-state index contributed by atoms with van der Waals surface area (Å²) in [4.78, 5) is 22.3. The summed E-state index contributed by atoms with van der Waals surface area (Å²) in [5, 5.41) is 2.47. The summed E-state index contributed by atoms with van der Waals surface area (Å²) in [7, 11) is 0. The highest BCUT2D eigenvalue weighted by Crippen LogP contribution is 2.36. The predicted octanol–water partition coefficient (Wildman–Crippen LogP) is 1.28. The summed E-state index contributed by atoms with van der Waals surface area (Å²) >= 11 is 0.698. The Morgan fingerprint density at radius 3 is 2.25 bits per heavy atom. The van der Waals surface area contributed by atoms with Gasteiger partial charge in [-0.3, -0.25) is 9.59 Å². The fourth-order valence-corrected chi connectivity index (χ4v) is 2.68. The Morgan fingerprint density at radius 2 is 1.85 bits per heavy atom. The van der Waals surface area contributed by atoms with Gasteiger partial charge >= 0.3 is 6.18 Å². The lowest BCUT2D eigenvalue weighted by Gasteiger charge is -2.16. The molecule has 2 amide bonds. The number of nitrogen functional groups attached to an aromatic ring is 1. The van der Waals surface area contributed by atoms with Crippen molar-refractivity contribution in [2.45, 2.75) is 25.6 Å². The van der Waals surface area contributed by atoms with Gasteiger partial charge in [0.15, 0.2) is 0 Å². The van der Waals surface area contributed by atoms with Crippen LogP contribution in [0, 0.1) is 0 Å². The zero-order valence-corrected chi connectivity index (χ0v) is 11.2. The number of hydrogen-bond donors (Lipinski definition) is 4. The van der Waals surface area contributed by atoms with Gasteiger partial charge in [-0.25, -0.2) is 0 Å². The fraction of sp³-hybridized carbons (Fsp3) is 0.400. The highest BCUT2D eigenvalue weighted by atomic mass is 32.1. The second kappa shape index (κ2) is 5.57. The first kappa shape index (κ1) is 16.1. The van der Waals surface area contributed by atoms with E-state index >= 15 is 0 Å². The fourth-order valence-electron chi connectivity index (χ4n) is 1.60. The second-order valence-electron chi connectivity index (χ2n) is 4.14. The molecule has 112 valence electrons. The number of hydrogen-bond acceptors (Lipinski definition) is 5. The van der Waals surface area contributed by atoms with Gasteiger partial charge in [0.2, 0.25) is 0 Å². The molecule has 1 aromatic heterocycles. The number of amides is 2. The molecule has 0 saturated carbocycles. The maximum atomic E-state index is 12.3. The van der Waals surface area contributed by atoms with Crippen molar-refractivity contribution in [2.75, 3.05) is 11.1 Å². The maximum Gasteiger partial charge on any atom is 0.391 e. The molecule has 0 bridgehead atoms. The Morgan fingerprint density at radius 1 is 1.30 bits per heavy atom. The van der Waals surface area contributed by atoms with E-state index in [1.165, 1.54) is 6.92 Å². The molecule has 1 rings (SSSR count). The van der Waals surface area contributed by atoms with Crippen molar-refractivity contribution in [2.24, 2.45) is 11.5 Å². The van der Waals surface area contributed by atoms with Crippen LogP contribution in [0.5, 0.6) is 0 Å². The van der Waals surface area contributed by atoms with Gasteiger partial charge in [0.25, 0.3) is 11.8 Å².